The summed E-state index contributed by atoms with van der Waals surface area (Å²) in [5.41, 5.74) is 4.90. The van der Waals surface area contributed by atoms with E-state index in [4.69, 9.17) is 9.15 Å². The van der Waals surface area contributed by atoms with Crippen molar-refractivity contribution in [2.75, 3.05) is 20.7 Å². The van der Waals surface area contributed by atoms with Gasteiger partial charge in [0.05, 0.1) is 5.56 Å². The number of benzene rings is 1. The molecular weight excluding hydrogens is 470 g/mol. The van der Waals surface area contributed by atoms with Gasteiger partial charge in [-0.15, -0.1) is 10.2 Å². The van der Waals surface area contributed by atoms with Crippen LogP contribution in [0, 0.1) is 5.92 Å². The third-order valence-corrected chi connectivity index (χ3v) is 7.49. The van der Waals surface area contributed by atoms with Gasteiger partial charge in [0.2, 0.25) is 5.89 Å². The summed E-state index contributed by atoms with van der Waals surface area (Å²) >= 11 is 3.45. The first-order chi connectivity index (χ1) is 15.5. The molecule has 3 atom stereocenters. The van der Waals surface area contributed by atoms with Crippen LogP contribution in [0.1, 0.15) is 24.5 Å². The highest BCUT2D eigenvalue weighted by Crippen LogP contribution is 2.51. The van der Waals surface area contributed by atoms with Crippen LogP contribution in [0.2, 0.25) is 0 Å². The number of ether oxygens (including phenoxy) is 1. The highest BCUT2D eigenvalue weighted by atomic mass is 79.9. The molecule has 1 aliphatic carbocycles. The molecule has 1 N–H and O–H groups in total. The number of pyridine rings is 1. The molecule has 1 aromatic carbocycles. The average molecular weight is 494 g/mol. The molecule has 0 unspecified atom stereocenters. The van der Waals surface area contributed by atoms with Crippen molar-refractivity contribution in [2.45, 2.75) is 31.4 Å². The summed E-state index contributed by atoms with van der Waals surface area (Å²) in [6, 6.07) is 8.60. The number of methoxy groups -OCH3 is 1. The number of hydrogen-bond acceptors (Lipinski definition) is 6. The van der Waals surface area contributed by atoms with Gasteiger partial charge in [-0.2, -0.15) is 0 Å². The van der Waals surface area contributed by atoms with Crippen LogP contribution in [-0.2, 0) is 16.8 Å². The molecule has 0 amide bonds. The van der Waals surface area contributed by atoms with Crippen LogP contribution in [0.25, 0.3) is 33.9 Å². The molecule has 164 valence electrons. The number of likely N-dealkylation sites (N-methyl/N-ethyl adjacent to an activating group) is 1. The van der Waals surface area contributed by atoms with Gasteiger partial charge in [-0.1, -0.05) is 19.1 Å². The monoisotopic (exact) mass is 493 g/mol. The van der Waals surface area contributed by atoms with E-state index in [1.165, 1.54) is 16.5 Å². The molecule has 4 heterocycles. The van der Waals surface area contributed by atoms with Gasteiger partial charge in [0.15, 0.2) is 0 Å². The molecule has 8 heteroatoms. The number of nitrogens with zero attached hydrogens (tertiary/aromatic N) is 4. The van der Waals surface area contributed by atoms with E-state index in [2.05, 4.69) is 73.2 Å². The molecule has 0 spiro atoms. The number of piperidine rings is 1. The molecule has 2 aliphatic rings. The number of likely N-dealkylation sites (tertiary alicyclic amines) is 1. The Kier molecular flexibility index (Phi) is 4.54. The summed E-state index contributed by atoms with van der Waals surface area (Å²) in [5, 5.41) is 9.91. The van der Waals surface area contributed by atoms with Crippen LogP contribution < -0.4 is 0 Å². The van der Waals surface area contributed by atoms with Crippen molar-refractivity contribution < 1.29 is 9.15 Å². The summed E-state index contributed by atoms with van der Waals surface area (Å²) in [6.45, 7) is 3.36. The van der Waals surface area contributed by atoms with Crippen LogP contribution in [0.15, 0.2) is 45.5 Å². The van der Waals surface area contributed by atoms with Gasteiger partial charge in [0.25, 0.3) is 5.89 Å². The summed E-state index contributed by atoms with van der Waals surface area (Å²) in [7, 11) is 4.06. The zero-order valence-electron chi connectivity index (χ0n) is 18.2. The summed E-state index contributed by atoms with van der Waals surface area (Å²) in [6.07, 6.45) is 5.33. The molecule has 6 rings (SSSR count). The maximum absolute atomic E-state index is 6.34. The van der Waals surface area contributed by atoms with Crippen molar-refractivity contribution in [3.63, 3.8) is 0 Å². The Morgan fingerprint density at radius 3 is 2.91 bits per heavy atom. The topological polar surface area (TPSA) is 80.1 Å². The molecule has 0 radical (unpaired) electrons. The lowest BCUT2D eigenvalue weighted by Crippen LogP contribution is -2.59. The van der Waals surface area contributed by atoms with E-state index in [-0.39, 0.29) is 11.6 Å². The fourth-order valence-corrected chi connectivity index (χ4v) is 6.22. The zero-order chi connectivity index (χ0) is 22.0. The van der Waals surface area contributed by atoms with E-state index in [9.17, 15) is 0 Å². The van der Waals surface area contributed by atoms with Gasteiger partial charge in [0.1, 0.15) is 11.3 Å². The van der Waals surface area contributed by atoms with E-state index in [0.29, 0.717) is 17.7 Å². The molecular formula is C24H24BrN5O2. The van der Waals surface area contributed by atoms with E-state index in [1.807, 2.05) is 13.2 Å². The lowest BCUT2D eigenvalue weighted by atomic mass is 9.68. The Bertz CT molecular complexity index is 1330. The fourth-order valence-electron chi connectivity index (χ4n) is 5.85. The van der Waals surface area contributed by atoms with Crippen molar-refractivity contribution in [1.82, 2.24) is 25.1 Å². The Morgan fingerprint density at radius 2 is 2.09 bits per heavy atom. The Labute approximate surface area is 194 Å². The number of halogens is 1. The Morgan fingerprint density at radius 1 is 1.25 bits per heavy atom. The van der Waals surface area contributed by atoms with Gasteiger partial charge in [-0.25, -0.2) is 0 Å². The minimum absolute atomic E-state index is 0.244. The van der Waals surface area contributed by atoms with Gasteiger partial charge >= 0.3 is 0 Å². The largest absolute Gasteiger partial charge is 0.415 e. The van der Waals surface area contributed by atoms with Crippen molar-refractivity contribution in [3.8, 4) is 23.0 Å². The van der Waals surface area contributed by atoms with E-state index in [0.717, 1.165) is 40.6 Å². The molecule has 7 nitrogen and oxygen atoms in total. The van der Waals surface area contributed by atoms with Crippen LogP contribution >= 0.6 is 15.9 Å². The number of fused-ring (bicyclic) bond motifs is 2. The quantitative estimate of drug-likeness (QED) is 0.442. The predicted molar refractivity (Wildman–Crippen MR) is 125 cm³/mol. The number of aromatic nitrogens is 4. The van der Waals surface area contributed by atoms with Crippen molar-refractivity contribution in [3.05, 3.63) is 52.3 Å². The van der Waals surface area contributed by atoms with Gasteiger partial charge < -0.3 is 14.1 Å². The van der Waals surface area contributed by atoms with Crippen LogP contribution in [-0.4, -0.2) is 51.8 Å². The first kappa shape index (κ1) is 20.1. The number of aromatic amines is 1. The SMILES string of the molecule is CO[C@]12C[C@@H](C)CN(C)[C@@H]1Cc1c(-c3nnc(-c4cncc(Br)c4)o3)[nH]c3cccc2c13. The molecule has 4 aromatic rings. The fraction of sp³-hybridized carbons (Fsp3) is 0.375. The van der Waals surface area contributed by atoms with Crippen molar-refractivity contribution >= 4 is 26.8 Å². The third-order valence-electron chi connectivity index (χ3n) is 7.06. The minimum Gasteiger partial charge on any atom is -0.415 e. The van der Waals surface area contributed by atoms with Gasteiger partial charge in [-0.05, 0) is 65.0 Å². The van der Waals surface area contributed by atoms with Gasteiger partial charge in [0, 0.05) is 47.5 Å². The highest BCUT2D eigenvalue weighted by molar-refractivity contribution is 9.10. The Hall–Kier alpha value is -2.55. The molecule has 0 saturated carbocycles. The molecule has 32 heavy (non-hydrogen) atoms. The van der Waals surface area contributed by atoms with E-state index in [1.54, 1.807) is 12.4 Å². The van der Waals surface area contributed by atoms with Crippen LogP contribution in [0.4, 0.5) is 0 Å². The molecule has 1 aliphatic heterocycles. The normalized spacial score (nSPS) is 25.2. The maximum atomic E-state index is 6.34. The molecule has 3 aromatic heterocycles. The zero-order valence-corrected chi connectivity index (χ0v) is 19.8. The number of hydrogen-bond donors (Lipinski definition) is 1. The number of nitrogens with one attached hydrogen (secondary N) is 1. The first-order valence-corrected chi connectivity index (χ1v) is 11.6. The highest BCUT2D eigenvalue weighted by Gasteiger charge is 2.51. The standard InChI is InChI=1S/C24H24BrN5O2/c1-13-9-24(31-3)17-5-4-6-18-20(17)16(8-19(24)30(2)12-13)21(27-18)23-29-28-22(32-23)14-7-15(25)11-26-10-14/h4-7,10-11,13,19,27H,8-9,12H2,1-3H3/t13-,19-,24+/m1/s1. The van der Waals surface area contributed by atoms with Crippen molar-refractivity contribution in [2.24, 2.45) is 5.92 Å². The van der Waals surface area contributed by atoms with Crippen LogP contribution in [0.5, 0.6) is 0 Å². The second-order valence-electron chi connectivity index (χ2n) is 9.07. The summed E-state index contributed by atoms with van der Waals surface area (Å²) in [4.78, 5) is 10.2. The number of H-pyrrole nitrogens is 1. The van der Waals surface area contributed by atoms with E-state index < -0.39 is 0 Å². The Balaban J connectivity index is 1.53. The number of rotatable bonds is 3. The van der Waals surface area contributed by atoms with Crippen LogP contribution in [0.3, 0.4) is 0 Å². The second kappa shape index (κ2) is 7.23. The van der Waals surface area contributed by atoms with Gasteiger partial charge in [-0.3, -0.25) is 9.88 Å². The third kappa shape index (κ3) is 2.82. The smallest absolute Gasteiger partial charge is 0.264 e. The maximum Gasteiger partial charge on any atom is 0.264 e. The lowest BCUT2D eigenvalue weighted by Gasteiger charge is -2.52. The predicted octanol–water partition coefficient (Wildman–Crippen LogP) is 4.78. The first-order valence-electron chi connectivity index (χ1n) is 10.8. The molecule has 0 bridgehead atoms. The minimum atomic E-state index is -0.319. The summed E-state index contributed by atoms with van der Waals surface area (Å²) in [5.74, 6) is 1.50. The summed E-state index contributed by atoms with van der Waals surface area (Å²) < 4.78 is 13.3. The van der Waals surface area contributed by atoms with E-state index >= 15 is 0 Å². The second-order valence-corrected chi connectivity index (χ2v) is 9.99. The van der Waals surface area contributed by atoms with Crippen molar-refractivity contribution in [1.29, 1.82) is 0 Å². The molecule has 1 saturated heterocycles. The average Bonchev–Trinajstić information content (AvgIpc) is 3.40. The lowest BCUT2D eigenvalue weighted by molar-refractivity contribution is -0.122. The molecule has 1 fully saturated rings.